The largest absolute Gasteiger partial charge is 0.374 e. The van der Waals surface area contributed by atoms with Crippen molar-refractivity contribution < 1.29 is 9.53 Å². The van der Waals surface area contributed by atoms with Gasteiger partial charge in [-0.1, -0.05) is 6.92 Å². The smallest absolute Gasteiger partial charge is 0.228 e. The van der Waals surface area contributed by atoms with E-state index in [1.807, 2.05) is 6.92 Å². The zero-order chi connectivity index (χ0) is 12.9. The van der Waals surface area contributed by atoms with Crippen LogP contribution in [-0.4, -0.2) is 48.7 Å². The zero-order valence-corrected chi connectivity index (χ0v) is 11.6. The van der Waals surface area contributed by atoms with Gasteiger partial charge in [0, 0.05) is 19.1 Å². The third-order valence-corrected chi connectivity index (χ3v) is 5.20. The second-order valence-electron chi connectivity index (χ2n) is 6.28. The van der Waals surface area contributed by atoms with Crippen molar-refractivity contribution in [3.63, 3.8) is 0 Å². The molecule has 0 spiro atoms. The number of amides is 1. The standard InChI is InChI=1S/C14H24N2O2/c1-8-9(2)18-10(3)13(8)14(17)16-6-11-4-5-15-12(11)7-16/h8-13,15H,4-7H2,1-3H3/t8?,9?,10?,11-,12+,13?/m0/s1. The molecule has 1 N–H and O–H groups in total. The van der Waals surface area contributed by atoms with Crippen LogP contribution in [0.3, 0.4) is 0 Å². The highest BCUT2D eigenvalue weighted by Crippen LogP contribution is 2.35. The van der Waals surface area contributed by atoms with E-state index in [9.17, 15) is 4.79 Å². The molecule has 0 aromatic carbocycles. The van der Waals surface area contributed by atoms with Crippen molar-refractivity contribution in [1.29, 1.82) is 0 Å². The lowest BCUT2D eigenvalue weighted by molar-refractivity contribution is -0.137. The number of carbonyl (C=O) groups excluding carboxylic acids is 1. The van der Waals surface area contributed by atoms with E-state index in [0.29, 0.717) is 23.8 Å². The summed E-state index contributed by atoms with van der Waals surface area (Å²) in [7, 11) is 0. The maximum Gasteiger partial charge on any atom is 0.228 e. The Morgan fingerprint density at radius 3 is 2.61 bits per heavy atom. The van der Waals surface area contributed by atoms with Gasteiger partial charge in [0.2, 0.25) is 5.91 Å². The molecule has 4 unspecified atom stereocenters. The Hall–Kier alpha value is -0.610. The van der Waals surface area contributed by atoms with Gasteiger partial charge in [0.05, 0.1) is 18.1 Å². The first kappa shape index (κ1) is 12.4. The van der Waals surface area contributed by atoms with E-state index in [2.05, 4.69) is 24.1 Å². The van der Waals surface area contributed by atoms with Crippen LogP contribution in [0, 0.1) is 17.8 Å². The molecule has 3 aliphatic heterocycles. The molecular weight excluding hydrogens is 228 g/mol. The highest BCUT2D eigenvalue weighted by molar-refractivity contribution is 5.80. The molecule has 0 aliphatic carbocycles. The first-order valence-electron chi connectivity index (χ1n) is 7.25. The Labute approximate surface area is 109 Å². The Bertz CT molecular complexity index is 335. The van der Waals surface area contributed by atoms with Gasteiger partial charge in [-0.25, -0.2) is 0 Å². The summed E-state index contributed by atoms with van der Waals surface area (Å²) in [6.45, 7) is 9.22. The van der Waals surface area contributed by atoms with Crippen molar-refractivity contribution in [1.82, 2.24) is 10.2 Å². The molecular formula is C14H24N2O2. The summed E-state index contributed by atoms with van der Waals surface area (Å²) in [4.78, 5) is 14.7. The van der Waals surface area contributed by atoms with Crippen molar-refractivity contribution in [2.24, 2.45) is 17.8 Å². The van der Waals surface area contributed by atoms with Crippen LogP contribution >= 0.6 is 0 Å². The average molecular weight is 252 g/mol. The fourth-order valence-corrected chi connectivity index (χ4v) is 3.93. The maximum atomic E-state index is 12.7. The highest BCUT2D eigenvalue weighted by atomic mass is 16.5. The van der Waals surface area contributed by atoms with Gasteiger partial charge in [0.25, 0.3) is 0 Å². The lowest BCUT2D eigenvalue weighted by atomic mass is 9.88. The van der Waals surface area contributed by atoms with E-state index in [1.54, 1.807) is 0 Å². The lowest BCUT2D eigenvalue weighted by Gasteiger charge is -2.25. The van der Waals surface area contributed by atoms with Crippen molar-refractivity contribution in [3.8, 4) is 0 Å². The molecule has 3 rings (SSSR count). The number of hydrogen-bond acceptors (Lipinski definition) is 3. The summed E-state index contributed by atoms with van der Waals surface area (Å²) in [6, 6.07) is 0.541. The van der Waals surface area contributed by atoms with Crippen molar-refractivity contribution >= 4 is 5.91 Å². The van der Waals surface area contributed by atoms with E-state index < -0.39 is 0 Å². The van der Waals surface area contributed by atoms with Crippen LogP contribution < -0.4 is 5.32 Å². The van der Waals surface area contributed by atoms with Crippen LogP contribution in [0.5, 0.6) is 0 Å². The van der Waals surface area contributed by atoms with Gasteiger partial charge in [0.15, 0.2) is 0 Å². The Balaban J connectivity index is 1.68. The molecule has 4 nitrogen and oxygen atoms in total. The summed E-state index contributed by atoms with van der Waals surface area (Å²) >= 11 is 0. The molecule has 4 heteroatoms. The minimum absolute atomic E-state index is 0.0545. The highest BCUT2D eigenvalue weighted by Gasteiger charge is 2.46. The fourth-order valence-electron chi connectivity index (χ4n) is 3.93. The third kappa shape index (κ3) is 1.86. The van der Waals surface area contributed by atoms with Crippen LogP contribution in [0.15, 0.2) is 0 Å². The topological polar surface area (TPSA) is 41.6 Å². The van der Waals surface area contributed by atoms with Gasteiger partial charge < -0.3 is 15.0 Å². The van der Waals surface area contributed by atoms with Gasteiger partial charge in [-0.15, -0.1) is 0 Å². The van der Waals surface area contributed by atoms with Crippen molar-refractivity contribution in [3.05, 3.63) is 0 Å². The summed E-state index contributed by atoms with van der Waals surface area (Å²) in [5.41, 5.74) is 0. The van der Waals surface area contributed by atoms with Crippen LogP contribution in [0.1, 0.15) is 27.2 Å². The number of nitrogens with one attached hydrogen (secondary N) is 1. The van der Waals surface area contributed by atoms with Crippen LogP contribution in [0.25, 0.3) is 0 Å². The summed E-state index contributed by atoms with van der Waals surface area (Å²) in [5, 5.41) is 3.50. The fraction of sp³-hybridized carbons (Fsp3) is 0.929. The van der Waals surface area contributed by atoms with Crippen LogP contribution in [0.4, 0.5) is 0 Å². The monoisotopic (exact) mass is 252 g/mol. The van der Waals surface area contributed by atoms with Gasteiger partial charge in [-0.3, -0.25) is 4.79 Å². The van der Waals surface area contributed by atoms with Crippen molar-refractivity contribution in [2.75, 3.05) is 19.6 Å². The van der Waals surface area contributed by atoms with Gasteiger partial charge >= 0.3 is 0 Å². The van der Waals surface area contributed by atoms with E-state index in [1.165, 1.54) is 6.42 Å². The van der Waals surface area contributed by atoms with Crippen molar-refractivity contribution in [2.45, 2.75) is 45.4 Å². The molecule has 3 saturated heterocycles. The van der Waals surface area contributed by atoms with E-state index in [4.69, 9.17) is 4.74 Å². The SMILES string of the molecule is CC1OC(C)C(C(=O)N2C[C@@H]3CCN[C@@H]3C2)C1C. The molecule has 0 radical (unpaired) electrons. The van der Waals surface area contributed by atoms with E-state index in [0.717, 1.165) is 19.6 Å². The first-order chi connectivity index (χ1) is 8.58. The zero-order valence-electron chi connectivity index (χ0n) is 11.6. The number of fused-ring (bicyclic) bond motifs is 1. The minimum atomic E-state index is 0.0545. The second kappa shape index (κ2) is 4.49. The molecule has 0 aromatic rings. The Kier molecular flexibility index (Phi) is 3.10. The number of rotatable bonds is 1. The van der Waals surface area contributed by atoms with Gasteiger partial charge in [0.1, 0.15) is 0 Å². The lowest BCUT2D eigenvalue weighted by Crippen LogP contribution is -2.41. The maximum absolute atomic E-state index is 12.7. The summed E-state index contributed by atoms with van der Waals surface area (Å²) in [5.74, 6) is 1.38. The number of ether oxygens (including phenoxy) is 1. The van der Waals surface area contributed by atoms with Gasteiger partial charge in [-0.2, -0.15) is 0 Å². The minimum Gasteiger partial charge on any atom is -0.374 e. The molecule has 1 amide bonds. The number of hydrogen-bond donors (Lipinski definition) is 1. The summed E-state index contributed by atoms with van der Waals surface area (Å²) < 4.78 is 5.80. The van der Waals surface area contributed by atoms with Gasteiger partial charge in [-0.05, 0) is 38.6 Å². The molecule has 0 saturated carbocycles. The Morgan fingerprint density at radius 2 is 2.00 bits per heavy atom. The molecule has 0 aromatic heterocycles. The molecule has 3 fully saturated rings. The molecule has 3 heterocycles. The summed E-state index contributed by atoms with van der Waals surface area (Å²) in [6.07, 6.45) is 1.49. The predicted octanol–water partition coefficient (Wildman–Crippen LogP) is 0.866. The number of likely N-dealkylation sites (tertiary alicyclic amines) is 1. The average Bonchev–Trinajstić information content (AvgIpc) is 2.93. The normalized spacial score (nSPS) is 47.6. The van der Waals surface area contributed by atoms with Crippen LogP contribution in [-0.2, 0) is 9.53 Å². The second-order valence-corrected chi connectivity index (χ2v) is 6.28. The Morgan fingerprint density at radius 1 is 1.22 bits per heavy atom. The number of nitrogens with zero attached hydrogens (tertiary/aromatic N) is 1. The number of carbonyl (C=O) groups is 1. The molecule has 6 atom stereocenters. The molecule has 0 bridgehead atoms. The van der Waals surface area contributed by atoms with E-state index >= 15 is 0 Å². The molecule has 3 aliphatic rings. The molecule has 102 valence electrons. The predicted molar refractivity (Wildman–Crippen MR) is 69.1 cm³/mol. The quantitative estimate of drug-likeness (QED) is 0.753. The third-order valence-electron chi connectivity index (χ3n) is 5.20. The first-order valence-corrected chi connectivity index (χ1v) is 7.25. The molecule has 18 heavy (non-hydrogen) atoms. The van der Waals surface area contributed by atoms with E-state index in [-0.39, 0.29) is 18.1 Å². The van der Waals surface area contributed by atoms with Crippen LogP contribution in [0.2, 0.25) is 0 Å².